The maximum atomic E-state index is 5.45. The van der Waals surface area contributed by atoms with E-state index in [0.717, 1.165) is 5.69 Å². The van der Waals surface area contributed by atoms with E-state index in [1.165, 1.54) is 0 Å². The molecule has 0 atom stereocenters. The lowest BCUT2D eigenvalue weighted by molar-refractivity contribution is 1.12. The smallest absolute Gasteiger partial charge is 0.106 e. The first-order valence-corrected chi connectivity index (χ1v) is 2.58. The third kappa shape index (κ3) is 1.17. The third-order valence-electron chi connectivity index (χ3n) is 1.01. The number of hydrogen-bond donors (Lipinski definition) is 2. The number of aromatic nitrogens is 2. The Labute approximate surface area is 53.6 Å². The van der Waals surface area contributed by atoms with Gasteiger partial charge in [0.05, 0.1) is 12.0 Å². The maximum Gasteiger partial charge on any atom is 0.106 e. The number of nitrogens with one attached hydrogen (secondary N) is 1. The van der Waals surface area contributed by atoms with Crippen LogP contribution in [0.5, 0.6) is 0 Å². The van der Waals surface area contributed by atoms with Crippen LogP contribution in [0, 0.1) is 6.04 Å². The van der Waals surface area contributed by atoms with E-state index in [-0.39, 0.29) is 0 Å². The van der Waals surface area contributed by atoms with Gasteiger partial charge in [-0.2, -0.15) is 0 Å². The SMILES string of the molecule is C=C[C](N)c1c[nH]cn1. The summed E-state index contributed by atoms with van der Waals surface area (Å²) in [5.41, 5.74) is 6.20. The van der Waals surface area contributed by atoms with Crippen LogP contribution in [0.3, 0.4) is 0 Å². The monoisotopic (exact) mass is 122 g/mol. The first-order valence-electron chi connectivity index (χ1n) is 2.58. The predicted molar refractivity (Wildman–Crippen MR) is 35.3 cm³/mol. The van der Waals surface area contributed by atoms with E-state index >= 15 is 0 Å². The Balaban J connectivity index is 2.76. The van der Waals surface area contributed by atoms with Crippen LogP contribution < -0.4 is 5.73 Å². The summed E-state index contributed by atoms with van der Waals surface area (Å²) >= 11 is 0. The molecule has 0 unspecified atom stereocenters. The Morgan fingerprint density at radius 2 is 2.67 bits per heavy atom. The summed E-state index contributed by atoms with van der Waals surface area (Å²) in [6.45, 7) is 3.50. The average Bonchev–Trinajstić information content (AvgIpc) is 2.37. The molecule has 0 aliphatic carbocycles. The van der Waals surface area contributed by atoms with Gasteiger partial charge in [-0.05, 0) is 0 Å². The molecular formula is C6H8N3. The van der Waals surface area contributed by atoms with Crippen molar-refractivity contribution in [2.24, 2.45) is 5.73 Å². The molecule has 1 rings (SSSR count). The van der Waals surface area contributed by atoms with Crippen LogP contribution in [0.1, 0.15) is 5.69 Å². The molecule has 0 amide bonds. The zero-order chi connectivity index (χ0) is 6.69. The Morgan fingerprint density at radius 3 is 3.11 bits per heavy atom. The van der Waals surface area contributed by atoms with Gasteiger partial charge in [0.1, 0.15) is 6.04 Å². The second kappa shape index (κ2) is 2.46. The number of H-pyrrole nitrogens is 1. The lowest BCUT2D eigenvalue weighted by Crippen LogP contribution is -2.07. The van der Waals surface area contributed by atoms with E-state index in [0.29, 0.717) is 6.04 Å². The molecule has 0 saturated carbocycles. The van der Waals surface area contributed by atoms with Crippen molar-refractivity contribution < 1.29 is 0 Å². The number of nitrogens with two attached hydrogens (primary N) is 1. The molecule has 1 aromatic heterocycles. The van der Waals surface area contributed by atoms with Gasteiger partial charge in [-0.3, -0.25) is 0 Å². The third-order valence-corrected chi connectivity index (χ3v) is 1.01. The number of hydrogen-bond acceptors (Lipinski definition) is 2. The highest BCUT2D eigenvalue weighted by Crippen LogP contribution is 2.02. The minimum Gasteiger partial charge on any atom is -0.351 e. The summed E-state index contributed by atoms with van der Waals surface area (Å²) in [4.78, 5) is 6.68. The lowest BCUT2D eigenvalue weighted by atomic mass is 10.2. The lowest BCUT2D eigenvalue weighted by Gasteiger charge is -1.95. The molecule has 0 fully saturated rings. The summed E-state index contributed by atoms with van der Waals surface area (Å²) < 4.78 is 0. The van der Waals surface area contributed by atoms with Gasteiger partial charge in [0, 0.05) is 6.20 Å². The summed E-state index contributed by atoms with van der Waals surface area (Å²) in [6, 6.07) is 0.594. The quantitative estimate of drug-likeness (QED) is 0.597. The number of nitrogens with zero attached hydrogens (tertiary/aromatic N) is 1. The normalized spacial score (nSPS) is 10.0. The van der Waals surface area contributed by atoms with Crippen molar-refractivity contribution in [2.45, 2.75) is 0 Å². The van der Waals surface area contributed by atoms with E-state index < -0.39 is 0 Å². The Morgan fingerprint density at radius 1 is 1.89 bits per heavy atom. The van der Waals surface area contributed by atoms with Crippen molar-refractivity contribution >= 4 is 0 Å². The van der Waals surface area contributed by atoms with Crippen LogP contribution >= 0.6 is 0 Å². The first-order chi connectivity index (χ1) is 4.34. The van der Waals surface area contributed by atoms with E-state index in [1.54, 1.807) is 18.6 Å². The number of rotatable bonds is 2. The van der Waals surface area contributed by atoms with Gasteiger partial charge >= 0.3 is 0 Å². The summed E-state index contributed by atoms with van der Waals surface area (Å²) in [5, 5.41) is 0. The van der Waals surface area contributed by atoms with Crippen LogP contribution in [0.2, 0.25) is 0 Å². The molecule has 0 spiro atoms. The highest BCUT2D eigenvalue weighted by Gasteiger charge is 2.01. The van der Waals surface area contributed by atoms with Crippen LogP contribution in [0.25, 0.3) is 0 Å². The second-order valence-electron chi connectivity index (χ2n) is 1.61. The fourth-order valence-corrected chi connectivity index (χ4v) is 0.523. The van der Waals surface area contributed by atoms with Gasteiger partial charge in [0.2, 0.25) is 0 Å². The van der Waals surface area contributed by atoms with Gasteiger partial charge in [0.25, 0.3) is 0 Å². The van der Waals surface area contributed by atoms with Crippen molar-refractivity contribution in [1.29, 1.82) is 0 Å². The topological polar surface area (TPSA) is 54.7 Å². The zero-order valence-electron chi connectivity index (χ0n) is 4.96. The second-order valence-corrected chi connectivity index (χ2v) is 1.61. The number of aromatic amines is 1. The van der Waals surface area contributed by atoms with E-state index in [2.05, 4.69) is 16.5 Å². The van der Waals surface area contributed by atoms with E-state index in [1.807, 2.05) is 0 Å². The summed E-state index contributed by atoms with van der Waals surface area (Å²) in [7, 11) is 0. The Kier molecular flexibility index (Phi) is 1.65. The van der Waals surface area contributed by atoms with Gasteiger partial charge < -0.3 is 10.7 Å². The molecule has 0 aromatic carbocycles. The number of imidazole rings is 1. The molecule has 1 aromatic rings. The molecule has 0 saturated heterocycles. The first kappa shape index (κ1) is 6.04. The standard InChI is InChI=1S/C6H8N3/c1-2-5(7)6-3-8-4-9-6/h2-4H,1,7H2,(H,8,9). The molecule has 47 valence electrons. The molecule has 3 heteroatoms. The van der Waals surface area contributed by atoms with Crippen molar-refractivity contribution in [3.63, 3.8) is 0 Å². The molecule has 3 nitrogen and oxygen atoms in total. The Bertz CT molecular complexity index is 178. The highest BCUT2D eigenvalue weighted by atomic mass is 14.9. The fraction of sp³-hybridized carbons (Fsp3) is 0. The van der Waals surface area contributed by atoms with E-state index in [4.69, 9.17) is 5.73 Å². The Hall–Kier alpha value is -1.09. The van der Waals surface area contributed by atoms with Crippen molar-refractivity contribution in [2.75, 3.05) is 0 Å². The van der Waals surface area contributed by atoms with Crippen molar-refractivity contribution in [1.82, 2.24) is 9.97 Å². The molecule has 9 heavy (non-hydrogen) atoms. The van der Waals surface area contributed by atoms with Crippen LogP contribution in [-0.2, 0) is 0 Å². The fourth-order valence-electron chi connectivity index (χ4n) is 0.523. The average molecular weight is 122 g/mol. The molecular weight excluding hydrogens is 114 g/mol. The van der Waals surface area contributed by atoms with Gasteiger partial charge in [0.15, 0.2) is 0 Å². The summed E-state index contributed by atoms with van der Waals surface area (Å²) in [6.07, 6.45) is 4.86. The van der Waals surface area contributed by atoms with Crippen molar-refractivity contribution in [3.8, 4) is 0 Å². The minimum absolute atomic E-state index is 0.594. The highest BCUT2D eigenvalue weighted by molar-refractivity contribution is 5.24. The molecule has 0 bridgehead atoms. The van der Waals surface area contributed by atoms with Crippen molar-refractivity contribution in [3.05, 3.63) is 36.9 Å². The van der Waals surface area contributed by atoms with Gasteiger partial charge in [-0.25, -0.2) is 4.98 Å². The van der Waals surface area contributed by atoms with Crippen LogP contribution in [0.15, 0.2) is 25.2 Å². The minimum atomic E-state index is 0.594. The van der Waals surface area contributed by atoms with Gasteiger partial charge in [-0.1, -0.05) is 6.08 Å². The van der Waals surface area contributed by atoms with Gasteiger partial charge in [-0.15, -0.1) is 6.58 Å². The summed E-state index contributed by atoms with van der Waals surface area (Å²) in [5.74, 6) is 0. The molecule has 1 heterocycles. The largest absolute Gasteiger partial charge is 0.351 e. The molecule has 0 aliphatic heterocycles. The zero-order valence-corrected chi connectivity index (χ0v) is 4.96. The van der Waals surface area contributed by atoms with E-state index in [9.17, 15) is 0 Å². The molecule has 0 aliphatic rings. The van der Waals surface area contributed by atoms with Crippen LogP contribution in [0.4, 0.5) is 0 Å². The molecule has 1 radical (unpaired) electrons. The predicted octanol–water partition coefficient (Wildman–Crippen LogP) is 0.434. The maximum absolute atomic E-state index is 5.45. The molecule has 3 N–H and O–H groups in total. The van der Waals surface area contributed by atoms with Crippen LogP contribution in [-0.4, -0.2) is 9.97 Å².